The predicted molar refractivity (Wildman–Crippen MR) is 132 cm³/mol. The summed E-state index contributed by atoms with van der Waals surface area (Å²) in [6.45, 7) is 6.59. The van der Waals surface area contributed by atoms with Crippen molar-refractivity contribution in [3.63, 3.8) is 0 Å². The van der Waals surface area contributed by atoms with Crippen molar-refractivity contribution in [2.75, 3.05) is 23.5 Å². The van der Waals surface area contributed by atoms with E-state index in [4.69, 9.17) is 4.74 Å². The van der Waals surface area contributed by atoms with Crippen molar-refractivity contribution in [2.45, 2.75) is 27.2 Å². The normalized spacial score (nSPS) is 13.6. The molecule has 168 valence electrons. The van der Waals surface area contributed by atoms with Gasteiger partial charge >= 0.3 is 0 Å². The summed E-state index contributed by atoms with van der Waals surface area (Å²) in [6, 6.07) is 22.7. The molecule has 3 aromatic rings. The third-order valence-corrected chi connectivity index (χ3v) is 5.75. The minimum atomic E-state index is -0.334. The fourth-order valence-electron chi connectivity index (χ4n) is 4.08. The first-order chi connectivity index (χ1) is 15.9. The lowest BCUT2D eigenvalue weighted by Crippen LogP contribution is -2.34. The van der Waals surface area contributed by atoms with Gasteiger partial charge in [0, 0.05) is 12.7 Å². The Morgan fingerprint density at radius 3 is 2.21 bits per heavy atom. The average Bonchev–Trinajstić information content (AvgIpc) is 3.08. The van der Waals surface area contributed by atoms with Crippen LogP contribution in [0.2, 0.25) is 0 Å². The smallest absolute Gasteiger partial charge is 0.282 e. The summed E-state index contributed by atoms with van der Waals surface area (Å²) < 4.78 is 5.69. The second kappa shape index (κ2) is 9.33. The molecule has 0 N–H and O–H groups in total. The van der Waals surface area contributed by atoms with Crippen molar-refractivity contribution in [3.05, 3.63) is 95.2 Å². The summed E-state index contributed by atoms with van der Waals surface area (Å²) in [5.74, 6) is 0.0775. The average molecular weight is 441 g/mol. The summed E-state index contributed by atoms with van der Waals surface area (Å²) in [7, 11) is 1.82. The van der Waals surface area contributed by atoms with Crippen molar-refractivity contribution in [3.8, 4) is 5.75 Å². The van der Waals surface area contributed by atoms with Gasteiger partial charge in [-0.2, -0.15) is 0 Å². The van der Waals surface area contributed by atoms with Crippen LogP contribution < -0.4 is 14.5 Å². The van der Waals surface area contributed by atoms with Crippen LogP contribution in [0, 0.1) is 13.8 Å². The van der Waals surface area contributed by atoms with Crippen molar-refractivity contribution >= 4 is 28.8 Å². The topological polar surface area (TPSA) is 49.9 Å². The molecule has 0 bridgehead atoms. The van der Waals surface area contributed by atoms with Crippen LogP contribution in [-0.4, -0.2) is 25.5 Å². The van der Waals surface area contributed by atoms with Crippen LogP contribution in [0.15, 0.2) is 78.5 Å². The third kappa shape index (κ3) is 4.27. The van der Waals surface area contributed by atoms with E-state index in [0.29, 0.717) is 29.1 Å². The Kier molecular flexibility index (Phi) is 6.31. The Morgan fingerprint density at radius 2 is 1.58 bits per heavy atom. The number of anilines is 2. The summed E-state index contributed by atoms with van der Waals surface area (Å²) in [5.41, 5.74) is 4.81. The van der Waals surface area contributed by atoms with E-state index in [1.54, 1.807) is 4.90 Å². The van der Waals surface area contributed by atoms with Gasteiger partial charge in [0.15, 0.2) is 0 Å². The van der Waals surface area contributed by atoms with Crippen molar-refractivity contribution in [1.29, 1.82) is 0 Å². The monoisotopic (exact) mass is 440 g/mol. The molecule has 0 fully saturated rings. The number of para-hydroxylation sites is 1. The maximum absolute atomic E-state index is 13.7. The zero-order valence-corrected chi connectivity index (χ0v) is 19.5. The zero-order chi connectivity index (χ0) is 23.5. The summed E-state index contributed by atoms with van der Waals surface area (Å²) >= 11 is 0. The van der Waals surface area contributed by atoms with Crippen LogP contribution in [0.25, 0.3) is 5.57 Å². The number of imide groups is 1. The number of ether oxygens (including phenoxy) is 1. The Labute approximate surface area is 194 Å². The first-order valence-electron chi connectivity index (χ1n) is 11.1. The van der Waals surface area contributed by atoms with Gasteiger partial charge in [-0.15, -0.1) is 0 Å². The second-order valence-corrected chi connectivity index (χ2v) is 8.23. The van der Waals surface area contributed by atoms with Crippen molar-refractivity contribution in [1.82, 2.24) is 0 Å². The highest BCUT2D eigenvalue weighted by Gasteiger charge is 2.42. The van der Waals surface area contributed by atoms with Gasteiger partial charge in [0.25, 0.3) is 11.8 Å². The van der Waals surface area contributed by atoms with Gasteiger partial charge < -0.3 is 9.64 Å². The van der Waals surface area contributed by atoms with Gasteiger partial charge in [-0.05, 0) is 61.7 Å². The Balaban J connectivity index is 1.82. The molecule has 0 radical (unpaired) electrons. The van der Waals surface area contributed by atoms with Gasteiger partial charge in [0.1, 0.15) is 11.4 Å². The highest BCUT2D eigenvalue weighted by atomic mass is 16.5. The van der Waals surface area contributed by atoms with E-state index in [-0.39, 0.29) is 11.8 Å². The molecule has 0 spiro atoms. The predicted octanol–water partition coefficient (Wildman–Crippen LogP) is 5.51. The molecule has 0 atom stereocenters. The highest BCUT2D eigenvalue weighted by molar-refractivity contribution is 6.46. The van der Waals surface area contributed by atoms with Gasteiger partial charge in [-0.1, -0.05) is 55.0 Å². The number of likely N-dealkylation sites (N-methyl/N-ethyl adjacent to an activating group) is 1. The molecule has 5 heteroatoms. The maximum atomic E-state index is 13.7. The Bertz CT molecular complexity index is 1210. The molecule has 0 saturated carbocycles. The molecule has 1 aliphatic heterocycles. The molecule has 2 amide bonds. The van der Waals surface area contributed by atoms with Crippen LogP contribution in [0.4, 0.5) is 11.4 Å². The minimum absolute atomic E-state index is 0.327. The van der Waals surface area contributed by atoms with E-state index in [0.717, 1.165) is 29.0 Å². The van der Waals surface area contributed by atoms with Crippen LogP contribution >= 0.6 is 0 Å². The SMILES string of the molecule is CCCOc1ccc(C2=C(N(C)c3ccccc3)C(=O)N(c3ccc(C)cc3C)C2=O)cc1. The molecule has 0 aliphatic carbocycles. The number of rotatable bonds is 7. The molecular weight excluding hydrogens is 412 g/mol. The molecule has 0 aromatic heterocycles. The summed E-state index contributed by atoms with van der Waals surface area (Å²) in [6.07, 6.45) is 0.913. The third-order valence-electron chi connectivity index (χ3n) is 5.75. The first kappa shape index (κ1) is 22.3. The molecule has 4 rings (SSSR count). The fraction of sp³-hybridized carbons (Fsp3) is 0.214. The number of carbonyl (C=O) groups is 2. The van der Waals surface area contributed by atoms with Crippen molar-refractivity contribution in [2.24, 2.45) is 0 Å². The second-order valence-electron chi connectivity index (χ2n) is 8.23. The number of hydrogen-bond donors (Lipinski definition) is 0. The number of amides is 2. The van der Waals surface area contributed by atoms with Gasteiger partial charge in [0.05, 0.1) is 17.9 Å². The van der Waals surface area contributed by atoms with E-state index in [2.05, 4.69) is 6.92 Å². The van der Waals surface area contributed by atoms with Crippen LogP contribution in [0.3, 0.4) is 0 Å². The molecule has 0 unspecified atom stereocenters. The number of benzene rings is 3. The number of aryl methyl sites for hydroxylation is 2. The lowest BCUT2D eigenvalue weighted by atomic mass is 10.0. The molecule has 5 nitrogen and oxygen atoms in total. The van der Waals surface area contributed by atoms with Crippen LogP contribution in [0.1, 0.15) is 30.0 Å². The van der Waals surface area contributed by atoms with E-state index in [1.165, 1.54) is 4.90 Å². The minimum Gasteiger partial charge on any atom is -0.494 e. The zero-order valence-electron chi connectivity index (χ0n) is 19.5. The van der Waals surface area contributed by atoms with Crippen LogP contribution in [-0.2, 0) is 9.59 Å². The van der Waals surface area contributed by atoms with E-state index in [9.17, 15) is 9.59 Å². The van der Waals surface area contributed by atoms with Gasteiger partial charge in [-0.3, -0.25) is 9.59 Å². The first-order valence-corrected chi connectivity index (χ1v) is 11.1. The molecule has 33 heavy (non-hydrogen) atoms. The summed E-state index contributed by atoms with van der Waals surface area (Å²) in [5, 5.41) is 0. The number of carbonyl (C=O) groups excluding carboxylic acids is 2. The molecule has 1 aliphatic rings. The highest BCUT2D eigenvalue weighted by Crippen LogP contribution is 2.37. The standard InChI is InChI=1S/C28H28N2O3/c1-5-17-33-23-14-12-21(13-15-23)25-26(29(4)22-9-7-6-8-10-22)28(32)30(27(25)31)24-16-11-19(2)18-20(24)3/h6-16,18H,5,17H2,1-4H3. The molecule has 1 heterocycles. The number of nitrogens with zero attached hydrogens (tertiary/aromatic N) is 2. The molecule has 3 aromatic carbocycles. The number of hydrogen-bond acceptors (Lipinski definition) is 4. The Hall–Kier alpha value is -3.86. The van der Waals surface area contributed by atoms with Gasteiger partial charge in [-0.25, -0.2) is 4.90 Å². The summed E-state index contributed by atoms with van der Waals surface area (Å²) in [4.78, 5) is 30.6. The lowest BCUT2D eigenvalue weighted by molar-refractivity contribution is -0.120. The fourth-order valence-corrected chi connectivity index (χ4v) is 4.08. The van der Waals surface area contributed by atoms with Crippen LogP contribution in [0.5, 0.6) is 5.75 Å². The van der Waals surface area contributed by atoms with E-state index < -0.39 is 0 Å². The maximum Gasteiger partial charge on any atom is 0.282 e. The molecular formula is C28H28N2O3. The van der Waals surface area contributed by atoms with Crippen molar-refractivity contribution < 1.29 is 14.3 Å². The largest absolute Gasteiger partial charge is 0.494 e. The van der Waals surface area contributed by atoms with Gasteiger partial charge in [0.2, 0.25) is 0 Å². The van der Waals surface area contributed by atoms with E-state index in [1.807, 2.05) is 93.7 Å². The Morgan fingerprint density at radius 1 is 0.879 bits per heavy atom. The quantitative estimate of drug-likeness (QED) is 0.455. The van der Waals surface area contributed by atoms with E-state index >= 15 is 0 Å². The molecule has 0 saturated heterocycles. The lowest BCUT2D eigenvalue weighted by Gasteiger charge is -2.22.